The standard InChI is InChI=1S/C14H19N3/c1-9-4-5-13(11(3)10(9)2)14-8-12(6-7-15)16-17-14/h4-5,8H,6-7,15H2,1-3H3,(H,16,17). The van der Waals surface area contributed by atoms with E-state index in [-0.39, 0.29) is 0 Å². The van der Waals surface area contributed by atoms with Gasteiger partial charge in [0.15, 0.2) is 0 Å². The van der Waals surface area contributed by atoms with Crippen LogP contribution in [0.4, 0.5) is 0 Å². The molecule has 0 aliphatic heterocycles. The number of aryl methyl sites for hydroxylation is 1. The summed E-state index contributed by atoms with van der Waals surface area (Å²) in [4.78, 5) is 0. The highest BCUT2D eigenvalue weighted by molar-refractivity contribution is 5.66. The second-order valence-electron chi connectivity index (χ2n) is 4.50. The van der Waals surface area contributed by atoms with Crippen molar-refractivity contribution in [3.8, 4) is 11.3 Å². The fraction of sp³-hybridized carbons (Fsp3) is 0.357. The van der Waals surface area contributed by atoms with E-state index in [1.807, 2.05) is 0 Å². The molecule has 3 heteroatoms. The minimum atomic E-state index is 0.646. The SMILES string of the molecule is Cc1ccc(-c2cc(CCN)[nH]n2)c(C)c1C. The summed E-state index contributed by atoms with van der Waals surface area (Å²) >= 11 is 0. The Kier molecular flexibility index (Phi) is 3.29. The monoisotopic (exact) mass is 229 g/mol. The number of nitrogens with zero attached hydrogens (tertiary/aromatic N) is 1. The Morgan fingerprint density at radius 1 is 1.18 bits per heavy atom. The first-order chi connectivity index (χ1) is 8.13. The number of hydrogen-bond donors (Lipinski definition) is 2. The molecule has 2 rings (SSSR count). The zero-order valence-corrected chi connectivity index (χ0v) is 10.7. The van der Waals surface area contributed by atoms with Crippen molar-refractivity contribution in [2.24, 2.45) is 5.73 Å². The third-order valence-corrected chi connectivity index (χ3v) is 3.38. The molecule has 0 bridgehead atoms. The Morgan fingerprint density at radius 3 is 2.65 bits per heavy atom. The van der Waals surface area contributed by atoms with E-state index in [0.29, 0.717) is 6.54 Å². The van der Waals surface area contributed by atoms with Crippen LogP contribution in [0.25, 0.3) is 11.3 Å². The van der Waals surface area contributed by atoms with E-state index >= 15 is 0 Å². The largest absolute Gasteiger partial charge is 0.330 e. The lowest BCUT2D eigenvalue weighted by Gasteiger charge is -2.08. The Labute approximate surface area is 102 Å². The molecule has 2 aromatic rings. The third-order valence-electron chi connectivity index (χ3n) is 3.38. The van der Waals surface area contributed by atoms with E-state index in [4.69, 9.17) is 5.73 Å². The first-order valence-corrected chi connectivity index (χ1v) is 5.95. The molecule has 90 valence electrons. The third kappa shape index (κ3) is 2.24. The molecule has 0 radical (unpaired) electrons. The predicted octanol–water partition coefficient (Wildman–Crippen LogP) is 2.50. The maximum Gasteiger partial charge on any atom is 0.0926 e. The van der Waals surface area contributed by atoms with Crippen LogP contribution in [0.1, 0.15) is 22.4 Å². The topological polar surface area (TPSA) is 54.7 Å². The highest BCUT2D eigenvalue weighted by atomic mass is 15.1. The van der Waals surface area contributed by atoms with Crippen molar-refractivity contribution in [3.05, 3.63) is 40.6 Å². The van der Waals surface area contributed by atoms with E-state index in [9.17, 15) is 0 Å². The molecular formula is C14H19N3. The lowest BCUT2D eigenvalue weighted by atomic mass is 9.97. The number of aromatic amines is 1. The molecule has 0 saturated heterocycles. The molecule has 0 spiro atoms. The molecule has 1 aromatic carbocycles. The van der Waals surface area contributed by atoms with Gasteiger partial charge in [-0.15, -0.1) is 0 Å². The van der Waals surface area contributed by atoms with Crippen LogP contribution < -0.4 is 5.73 Å². The van der Waals surface area contributed by atoms with Gasteiger partial charge in [-0.25, -0.2) is 0 Å². The number of hydrogen-bond acceptors (Lipinski definition) is 2. The first kappa shape index (κ1) is 11.9. The number of aromatic nitrogens is 2. The van der Waals surface area contributed by atoms with Crippen LogP contribution >= 0.6 is 0 Å². The molecule has 17 heavy (non-hydrogen) atoms. The number of nitrogens with two attached hydrogens (primary N) is 1. The number of nitrogens with one attached hydrogen (secondary N) is 1. The van der Waals surface area contributed by atoms with Crippen LogP contribution in [0.5, 0.6) is 0 Å². The van der Waals surface area contributed by atoms with E-state index < -0.39 is 0 Å². The summed E-state index contributed by atoms with van der Waals surface area (Å²) in [6.45, 7) is 7.08. The first-order valence-electron chi connectivity index (χ1n) is 5.95. The molecule has 0 amide bonds. The van der Waals surface area contributed by atoms with Crippen molar-refractivity contribution in [1.82, 2.24) is 10.2 Å². The van der Waals surface area contributed by atoms with Crippen LogP contribution in [0.2, 0.25) is 0 Å². The molecule has 1 heterocycles. The van der Waals surface area contributed by atoms with Gasteiger partial charge in [-0.2, -0.15) is 5.10 Å². The van der Waals surface area contributed by atoms with Gasteiger partial charge in [0.2, 0.25) is 0 Å². The van der Waals surface area contributed by atoms with Crippen molar-refractivity contribution in [2.45, 2.75) is 27.2 Å². The Morgan fingerprint density at radius 2 is 1.94 bits per heavy atom. The zero-order chi connectivity index (χ0) is 12.4. The minimum Gasteiger partial charge on any atom is -0.330 e. The Hall–Kier alpha value is -1.61. The average molecular weight is 229 g/mol. The van der Waals surface area contributed by atoms with Gasteiger partial charge in [0.25, 0.3) is 0 Å². The number of H-pyrrole nitrogens is 1. The van der Waals surface area contributed by atoms with Crippen molar-refractivity contribution in [1.29, 1.82) is 0 Å². The van der Waals surface area contributed by atoms with Gasteiger partial charge in [-0.05, 0) is 50.1 Å². The van der Waals surface area contributed by atoms with Crippen LogP contribution in [-0.4, -0.2) is 16.7 Å². The van der Waals surface area contributed by atoms with Crippen molar-refractivity contribution in [2.75, 3.05) is 6.54 Å². The van der Waals surface area contributed by atoms with Gasteiger partial charge >= 0.3 is 0 Å². The number of benzene rings is 1. The molecule has 0 aliphatic rings. The molecule has 0 fully saturated rings. The van der Waals surface area contributed by atoms with Gasteiger partial charge in [0.05, 0.1) is 5.69 Å². The Bertz CT molecular complexity index is 526. The maximum absolute atomic E-state index is 5.53. The van der Waals surface area contributed by atoms with E-state index in [1.54, 1.807) is 0 Å². The van der Waals surface area contributed by atoms with Gasteiger partial charge in [0.1, 0.15) is 0 Å². The summed E-state index contributed by atoms with van der Waals surface area (Å²) in [5.74, 6) is 0. The summed E-state index contributed by atoms with van der Waals surface area (Å²) in [6.07, 6.45) is 0.844. The van der Waals surface area contributed by atoms with E-state index in [2.05, 4.69) is 49.2 Å². The van der Waals surface area contributed by atoms with E-state index in [1.165, 1.54) is 22.3 Å². The highest BCUT2D eigenvalue weighted by Gasteiger charge is 2.09. The smallest absolute Gasteiger partial charge is 0.0926 e. The Balaban J connectivity index is 2.42. The van der Waals surface area contributed by atoms with Gasteiger partial charge in [-0.3, -0.25) is 5.10 Å². The molecule has 0 aliphatic carbocycles. The maximum atomic E-state index is 5.53. The summed E-state index contributed by atoms with van der Waals surface area (Å²) in [5, 5.41) is 7.39. The van der Waals surface area contributed by atoms with Crippen LogP contribution in [0.15, 0.2) is 18.2 Å². The summed E-state index contributed by atoms with van der Waals surface area (Å²) < 4.78 is 0. The summed E-state index contributed by atoms with van der Waals surface area (Å²) in [5.41, 5.74) is 12.8. The van der Waals surface area contributed by atoms with E-state index in [0.717, 1.165) is 17.8 Å². The van der Waals surface area contributed by atoms with Gasteiger partial charge < -0.3 is 5.73 Å². The second-order valence-corrected chi connectivity index (χ2v) is 4.50. The van der Waals surface area contributed by atoms with Crippen LogP contribution in [0.3, 0.4) is 0 Å². The fourth-order valence-corrected chi connectivity index (χ4v) is 2.02. The lowest BCUT2D eigenvalue weighted by Crippen LogP contribution is -2.02. The minimum absolute atomic E-state index is 0.646. The molecule has 0 atom stereocenters. The molecule has 0 unspecified atom stereocenters. The van der Waals surface area contributed by atoms with Crippen molar-refractivity contribution >= 4 is 0 Å². The van der Waals surface area contributed by atoms with Crippen molar-refractivity contribution < 1.29 is 0 Å². The predicted molar refractivity (Wildman–Crippen MR) is 71.0 cm³/mol. The summed E-state index contributed by atoms with van der Waals surface area (Å²) in [7, 11) is 0. The molecule has 3 nitrogen and oxygen atoms in total. The highest BCUT2D eigenvalue weighted by Crippen LogP contribution is 2.26. The molecule has 0 saturated carbocycles. The second kappa shape index (κ2) is 4.72. The molecule has 1 aromatic heterocycles. The molecule has 3 N–H and O–H groups in total. The van der Waals surface area contributed by atoms with Crippen LogP contribution in [0, 0.1) is 20.8 Å². The van der Waals surface area contributed by atoms with Gasteiger partial charge in [0, 0.05) is 17.7 Å². The number of rotatable bonds is 3. The molecular weight excluding hydrogens is 210 g/mol. The average Bonchev–Trinajstić information content (AvgIpc) is 2.75. The normalized spacial score (nSPS) is 10.8. The lowest BCUT2D eigenvalue weighted by molar-refractivity contribution is 0.902. The van der Waals surface area contributed by atoms with Crippen molar-refractivity contribution in [3.63, 3.8) is 0 Å². The quantitative estimate of drug-likeness (QED) is 0.849. The summed E-state index contributed by atoms with van der Waals surface area (Å²) in [6, 6.07) is 6.37. The fourth-order valence-electron chi connectivity index (χ4n) is 2.02. The van der Waals surface area contributed by atoms with Crippen LogP contribution in [-0.2, 0) is 6.42 Å². The zero-order valence-electron chi connectivity index (χ0n) is 10.7. The van der Waals surface area contributed by atoms with Gasteiger partial charge in [-0.1, -0.05) is 12.1 Å².